The summed E-state index contributed by atoms with van der Waals surface area (Å²) < 4.78 is 0. The number of aryl methyl sites for hydroxylation is 2. The van der Waals surface area contributed by atoms with Gasteiger partial charge in [-0.2, -0.15) is 0 Å². The average molecular weight is 232 g/mol. The van der Waals surface area contributed by atoms with Gasteiger partial charge < -0.3 is 11.1 Å². The van der Waals surface area contributed by atoms with Crippen LogP contribution in [0.1, 0.15) is 36.8 Å². The van der Waals surface area contributed by atoms with E-state index in [0.717, 1.165) is 12.5 Å². The summed E-state index contributed by atoms with van der Waals surface area (Å²) in [7, 11) is 0. The van der Waals surface area contributed by atoms with Crippen LogP contribution < -0.4 is 11.1 Å². The van der Waals surface area contributed by atoms with Crippen LogP contribution in [0.15, 0.2) is 18.2 Å². The fourth-order valence-electron chi connectivity index (χ4n) is 2.66. The molecule has 0 aromatic heterocycles. The van der Waals surface area contributed by atoms with E-state index in [-0.39, 0.29) is 0 Å². The van der Waals surface area contributed by atoms with Crippen LogP contribution in [0.4, 0.5) is 5.69 Å². The molecule has 3 N–H and O–H groups in total. The summed E-state index contributed by atoms with van der Waals surface area (Å²) in [6, 6.07) is 7.05. The van der Waals surface area contributed by atoms with Gasteiger partial charge in [-0.3, -0.25) is 0 Å². The third-order valence-corrected chi connectivity index (χ3v) is 3.85. The number of benzene rings is 1. The molecule has 0 atom stereocenters. The summed E-state index contributed by atoms with van der Waals surface area (Å²) in [4.78, 5) is 0. The number of nitrogens with one attached hydrogen (secondary N) is 1. The molecular weight excluding hydrogens is 208 g/mol. The molecule has 1 aliphatic carbocycles. The topological polar surface area (TPSA) is 38.0 Å². The smallest absolute Gasteiger partial charge is 0.0370 e. The van der Waals surface area contributed by atoms with Crippen LogP contribution in [0.2, 0.25) is 0 Å². The molecule has 1 aliphatic rings. The maximum atomic E-state index is 5.92. The minimum atomic E-state index is 0.451. The zero-order chi connectivity index (χ0) is 12.3. The van der Waals surface area contributed by atoms with E-state index in [1.165, 1.54) is 42.5 Å². The molecular formula is C15H24N2. The number of anilines is 1. The Balaban J connectivity index is 1.85. The summed E-state index contributed by atoms with van der Waals surface area (Å²) >= 11 is 0. The van der Waals surface area contributed by atoms with Gasteiger partial charge in [-0.1, -0.05) is 17.7 Å². The van der Waals surface area contributed by atoms with Crippen LogP contribution in [0, 0.1) is 19.8 Å². The maximum absolute atomic E-state index is 5.92. The minimum absolute atomic E-state index is 0.451. The predicted molar refractivity (Wildman–Crippen MR) is 74.3 cm³/mol. The summed E-state index contributed by atoms with van der Waals surface area (Å²) in [5.74, 6) is 0.801. The Bertz CT molecular complexity index is 365. The van der Waals surface area contributed by atoms with Gasteiger partial charge >= 0.3 is 0 Å². The number of hydrogen-bond donors (Lipinski definition) is 2. The lowest BCUT2D eigenvalue weighted by atomic mass is 9.86. The van der Waals surface area contributed by atoms with Gasteiger partial charge in [-0.25, -0.2) is 0 Å². The van der Waals surface area contributed by atoms with Gasteiger partial charge in [0.2, 0.25) is 0 Å². The molecule has 1 saturated carbocycles. The first-order valence-corrected chi connectivity index (χ1v) is 6.72. The van der Waals surface area contributed by atoms with E-state index in [9.17, 15) is 0 Å². The highest BCUT2D eigenvalue weighted by atomic mass is 14.9. The van der Waals surface area contributed by atoms with Crippen molar-refractivity contribution in [1.82, 2.24) is 0 Å². The van der Waals surface area contributed by atoms with E-state index in [1.54, 1.807) is 0 Å². The largest absolute Gasteiger partial charge is 0.385 e. The molecule has 0 radical (unpaired) electrons. The molecule has 2 heteroatoms. The first-order valence-electron chi connectivity index (χ1n) is 6.72. The van der Waals surface area contributed by atoms with Gasteiger partial charge in [0.1, 0.15) is 0 Å². The van der Waals surface area contributed by atoms with E-state index in [1.807, 2.05) is 0 Å². The Kier molecular flexibility index (Phi) is 4.06. The van der Waals surface area contributed by atoms with Crippen molar-refractivity contribution in [2.45, 2.75) is 45.6 Å². The van der Waals surface area contributed by atoms with Crippen LogP contribution in [-0.4, -0.2) is 12.6 Å². The Labute approximate surface area is 105 Å². The van der Waals surface area contributed by atoms with Crippen LogP contribution in [0.5, 0.6) is 0 Å². The second-order valence-corrected chi connectivity index (χ2v) is 5.48. The first kappa shape index (κ1) is 12.4. The normalized spacial score (nSPS) is 24.6. The summed E-state index contributed by atoms with van der Waals surface area (Å²) in [6.45, 7) is 5.40. The minimum Gasteiger partial charge on any atom is -0.385 e. The number of nitrogens with two attached hydrogens (primary N) is 1. The molecule has 2 nitrogen and oxygen atoms in total. The molecule has 0 amide bonds. The lowest BCUT2D eigenvalue weighted by molar-refractivity contribution is 0.339. The van der Waals surface area contributed by atoms with Gasteiger partial charge in [0.25, 0.3) is 0 Å². The van der Waals surface area contributed by atoms with Crippen LogP contribution in [0.3, 0.4) is 0 Å². The quantitative estimate of drug-likeness (QED) is 0.839. The molecule has 0 spiro atoms. The van der Waals surface area contributed by atoms with Gasteiger partial charge in [0, 0.05) is 18.3 Å². The molecule has 0 bridgehead atoms. The van der Waals surface area contributed by atoms with E-state index in [2.05, 4.69) is 37.4 Å². The summed E-state index contributed by atoms with van der Waals surface area (Å²) in [5.41, 5.74) is 9.88. The number of hydrogen-bond acceptors (Lipinski definition) is 2. The zero-order valence-electron chi connectivity index (χ0n) is 11.0. The molecule has 17 heavy (non-hydrogen) atoms. The Morgan fingerprint density at radius 3 is 2.53 bits per heavy atom. The molecule has 0 saturated heterocycles. The third-order valence-electron chi connectivity index (χ3n) is 3.85. The Morgan fingerprint density at radius 2 is 1.88 bits per heavy atom. The highest BCUT2D eigenvalue weighted by Crippen LogP contribution is 2.24. The fraction of sp³-hybridized carbons (Fsp3) is 0.600. The van der Waals surface area contributed by atoms with Crippen molar-refractivity contribution < 1.29 is 0 Å². The highest BCUT2D eigenvalue weighted by molar-refractivity contribution is 5.51. The van der Waals surface area contributed by atoms with Crippen LogP contribution in [0.25, 0.3) is 0 Å². The SMILES string of the molecule is Cc1ccc(NCC2CCC(N)CC2)c(C)c1. The first-order chi connectivity index (χ1) is 8.15. The van der Waals surface area contributed by atoms with Crippen molar-refractivity contribution in [3.63, 3.8) is 0 Å². The molecule has 0 aliphatic heterocycles. The molecule has 1 aromatic rings. The standard InChI is InChI=1S/C15H24N2/c1-11-3-8-15(12(2)9-11)17-10-13-4-6-14(16)7-5-13/h3,8-9,13-14,17H,4-7,10,16H2,1-2H3. The van der Waals surface area contributed by atoms with Crippen molar-refractivity contribution >= 4 is 5.69 Å². The second kappa shape index (κ2) is 5.54. The van der Waals surface area contributed by atoms with Gasteiger partial charge in [-0.15, -0.1) is 0 Å². The third kappa shape index (κ3) is 3.47. The molecule has 94 valence electrons. The van der Waals surface area contributed by atoms with E-state index >= 15 is 0 Å². The summed E-state index contributed by atoms with van der Waals surface area (Å²) in [6.07, 6.45) is 4.94. The molecule has 0 unspecified atom stereocenters. The highest BCUT2D eigenvalue weighted by Gasteiger charge is 2.18. The van der Waals surface area contributed by atoms with E-state index < -0.39 is 0 Å². The van der Waals surface area contributed by atoms with Crippen molar-refractivity contribution in [3.8, 4) is 0 Å². The van der Waals surface area contributed by atoms with Crippen LogP contribution >= 0.6 is 0 Å². The van der Waals surface area contributed by atoms with Gasteiger partial charge in [-0.05, 0) is 57.1 Å². The Morgan fingerprint density at radius 1 is 1.18 bits per heavy atom. The fourth-order valence-corrected chi connectivity index (χ4v) is 2.66. The summed E-state index contributed by atoms with van der Waals surface area (Å²) in [5, 5.41) is 3.58. The van der Waals surface area contributed by atoms with Crippen molar-refractivity contribution in [2.24, 2.45) is 11.7 Å². The van der Waals surface area contributed by atoms with Gasteiger partial charge in [0.15, 0.2) is 0 Å². The zero-order valence-corrected chi connectivity index (χ0v) is 11.0. The predicted octanol–water partition coefficient (Wildman–Crippen LogP) is 3.23. The molecule has 0 heterocycles. The van der Waals surface area contributed by atoms with Crippen molar-refractivity contribution in [1.29, 1.82) is 0 Å². The lowest BCUT2D eigenvalue weighted by Gasteiger charge is -2.26. The molecule has 1 fully saturated rings. The number of rotatable bonds is 3. The monoisotopic (exact) mass is 232 g/mol. The second-order valence-electron chi connectivity index (χ2n) is 5.48. The molecule has 2 rings (SSSR count). The van der Waals surface area contributed by atoms with Gasteiger partial charge in [0.05, 0.1) is 0 Å². The molecule has 1 aromatic carbocycles. The van der Waals surface area contributed by atoms with Crippen molar-refractivity contribution in [2.75, 3.05) is 11.9 Å². The van der Waals surface area contributed by atoms with Crippen molar-refractivity contribution in [3.05, 3.63) is 29.3 Å². The lowest BCUT2D eigenvalue weighted by Crippen LogP contribution is -2.29. The average Bonchev–Trinajstić information content (AvgIpc) is 2.30. The van der Waals surface area contributed by atoms with Crippen LogP contribution in [-0.2, 0) is 0 Å². The maximum Gasteiger partial charge on any atom is 0.0370 e. The Hall–Kier alpha value is -1.02. The van der Waals surface area contributed by atoms with E-state index in [0.29, 0.717) is 6.04 Å². The van der Waals surface area contributed by atoms with E-state index in [4.69, 9.17) is 5.73 Å².